The van der Waals surface area contributed by atoms with Crippen LogP contribution >= 0.6 is 22.9 Å². The summed E-state index contributed by atoms with van der Waals surface area (Å²) in [6, 6.07) is 11.3. The minimum atomic E-state index is 0.0701. The van der Waals surface area contributed by atoms with E-state index in [0.29, 0.717) is 24.5 Å². The third-order valence-corrected chi connectivity index (χ3v) is 4.32. The van der Waals surface area contributed by atoms with Crippen LogP contribution in [0.2, 0.25) is 5.02 Å². The first-order valence-corrected chi connectivity index (χ1v) is 7.69. The topological polar surface area (TPSA) is 29.5 Å². The number of amides is 1. The van der Waals surface area contributed by atoms with Crippen LogP contribution in [0, 0.1) is 0 Å². The number of likely N-dealkylation sites (tertiary alicyclic amines) is 1. The molecule has 0 bridgehead atoms. The van der Waals surface area contributed by atoms with E-state index in [1.54, 1.807) is 17.4 Å². The third-order valence-electron chi connectivity index (χ3n) is 3.21. The maximum absolute atomic E-state index is 12.0. The molecule has 20 heavy (non-hydrogen) atoms. The van der Waals surface area contributed by atoms with Gasteiger partial charge >= 0.3 is 0 Å². The van der Waals surface area contributed by atoms with Gasteiger partial charge in [0.25, 0.3) is 0 Å². The van der Waals surface area contributed by atoms with Gasteiger partial charge in [-0.3, -0.25) is 4.79 Å². The molecule has 0 aliphatic carbocycles. The van der Waals surface area contributed by atoms with Crippen molar-refractivity contribution in [3.05, 3.63) is 51.7 Å². The van der Waals surface area contributed by atoms with Crippen molar-refractivity contribution in [2.75, 3.05) is 13.1 Å². The van der Waals surface area contributed by atoms with Gasteiger partial charge in [0.1, 0.15) is 11.9 Å². The fourth-order valence-electron chi connectivity index (χ4n) is 2.12. The lowest BCUT2D eigenvalue weighted by Gasteiger charge is -2.39. The number of rotatable bonds is 4. The number of thiophene rings is 1. The quantitative estimate of drug-likeness (QED) is 0.868. The highest BCUT2D eigenvalue weighted by Gasteiger charge is 2.32. The molecule has 2 aromatic rings. The number of ether oxygens (including phenoxy) is 1. The molecule has 0 atom stereocenters. The molecule has 1 saturated heterocycles. The fourth-order valence-corrected chi connectivity index (χ4v) is 3.00. The van der Waals surface area contributed by atoms with Crippen LogP contribution in [-0.2, 0) is 11.2 Å². The van der Waals surface area contributed by atoms with Crippen LogP contribution in [0.15, 0.2) is 41.8 Å². The van der Waals surface area contributed by atoms with Crippen molar-refractivity contribution >= 4 is 28.8 Å². The van der Waals surface area contributed by atoms with E-state index in [1.807, 2.05) is 40.6 Å². The molecular formula is C15H14ClNO2S. The molecule has 0 saturated carbocycles. The van der Waals surface area contributed by atoms with Crippen molar-refractivity contribution < 1.29 is 9.53 Å². The van der Waals surface area contributed by atoms with Gasteiger partial charge in [-0.05, 0) is 29.6 Å². The number of hydrogen-bond acceptors (Lipinski definition) is 3. The van der Waals surface area contributed by atoms with E-state index in [4.69, 9.17) is 16.3 Å². The molecular weight excluding hydrogens is 294 g/mol. The molecule has 0 spiro atoms. The molecule has 1 aliphatic heterocycles. The van der Waals surface area contributed by atoms with Gasteiger partial charge in [0.05, 0.1) is 19.5 Å². The predicted molar refractivity (Wildman–Crippen MR) is 80.5 cm³/mol. The van der Waals surface area contributed by atoms with Crippen molar-refractivity contribution in [1.29, 1.82) is 0 Å². The van der Waals surface area contributed by atoms with Gasteiger partial charge in [0.15, 0.2) is 0 Å². The summed E-state index contributed by atoms with van der Waals surface area (Å²) < 4.78 is 5.77. The normalized spacial score (nSPS) is 14.9. The third kappa shape index (κ3) is 3.14. The predicted octanol–water partition coefficient (Wildman–Crippen LogP) is 3.23. The summed E-state index contributed by atoms with van der Waals surface area (Å²) in [7, 11) is 0. The number of hydrogen-bond donors (Lipinski definition) is 0. The van der Waals surface area contributed by atoms with Crippen molar-refractivity contribution in [2.45, 2.75) is 12.5 Å². The average molecular weight is 308 g/mol. The highest BCUT2D eigenvalue weighted by Crippen LogP contribution is 2.22. The Hall–Kier alpha value is -1.52. The van der Waals surface area contributed by atoms with Gasteiger partial charge in [-0.25, -0.2) is 0 Å². The number of benzene rings is 1. The molecule has 0 radical (unpaired) electrons. The SMILES string of the molecule is O=C(Cc1cccs1)N1CC(Oc2cccc(Cl)c2)C1. The zero-order valence-corrected chi connectivity index (χ0v) is 12.4. The Morgan fingerprint density at radius 1 is 1.35 bits per heavy atom. The van der Waals surface area contributed by atoms with E-state index in [0.717, 1.165) is 10.6 Å². The molecule has 1 amide bonds. The van der Waals surface area contributed by atoms with Crippen LogP contribution in [0.3, 0.4) is 0 Å². The van der Waals surface area contributed by atoms with Gasteiger partial charge in [0, 0.05) is 9.90 Å². The first-order chi connectivity index (χ1) is 9.70. The lowest BCUT2D eigenvalue weighted by atomic mass is 10.1. The van der Waals surface area contributed by atoms with Crippen LogP contribution < -0.4 is 4.74 Å². The summed E-state index contributed by atoms with van der Waals surface area (Å²) in [6.07, 6.45) is 0.558. The fraction of sp³-hybridized carbons (Fsp3) is 0.267. The van der Waals surface area contributed by atoms with Crippen LogP contribution in [0.4, 0.5) is 0 Å². The highest BCUT2D eigenvalue weighted by atomic mass is 35.5. The van der Waals surface area contributed by atoms with Crippen molar-refractivity contribution in [3.63, 3.8) is 0 Å². The smallest absolute Gasteiger partial charge is 0.228 e. The summed E-state index contributed by atoms with van der Waals surface area (Å²) in [5, 5.41) is 2.65. The Morgan fingerprint density at radius 2 is 2.20 bits per heavy atom. The van der Waals surface area contributed by atoms with E-state index in [9.17, 15) is 4.79 Å². The zero-order chi connectivity index (χ0) is 13.9. The van der Waals surface area contributed by atoms with Crippen LogP contribution in [0.5, 0.6) is 5.75 Å². The number of carbonyl (C=O) groups excluding carboxylic acids is 1. The average Bonchev–Trinajstić information content (AvgIpc) is 2.86. The second-order valence-electron chi connectivity index (χ2n) is 4.75. The molecule has 2 heterocycles. The summed E-state index contributed by atoms with van der Waals surface area (Å²) in [5.74, 6) is 0.922. The number of nitrogens with zero attached hydrogens (tertiary/aromatic N) is 1. The Bertz CT molecular complexity index is 594. The van der Waals surface area contributed by atoms with E-state index in [1.165, 1.54) is 0 Å². The van der Waals surface area contributed by atoms with Crippen molar-refractivity contribution in [3.8, 4) is 5.75 Å². The molecule has 104 valence electrons. The summed E-state index contributed by atoms with van der Waals surface area (Å²) in [5.41, 5.74) is 0. The summed E-state index contributed by atoms with van der Waals surface area (Å²) in [6.45, 7) is 1.30. The zero-order valence-electron chi connectivity index (χ0n) is 10.8. The first kappa shape index (κ1) is 13.5. The molecule has 1 aromatic heterocycles. The van der Waals surface area contributed by atoms with E-state index >= 15 is 0 Å². The Labute approximate surface area is 126 Å². The van der Waals surface area contributed by atoms with E-state index in [2.05, 4.69) is 0 Å². The van der Waals surface area contributed by atoms with Gasteiger partial charge in [-0.2, -0.15) is 0 Å². The lowest BCUT2D eigenvalue weighted by molar-refractivity contribution is -0.139. The Kier molecular flexibility index (Phi) is 3.94. The molecule has 1 fully saturated rings. The molecule has 5 heteroatoms. The van der Waals surface area contributed by atoms with Crippen molar-refractivity contribution in [2.24, 2.45) is 0 Å². The van der Waals surface area contributed by atoms with E-state index < -0.39 is 0 Å². The minimum absolute atomic E-state index is 0.0701. The highest BCUT2D eigenvalue weighted by molar-refractivity contribution is 7.10. The first-order valence-electron chi connectivity index (χ1n) is 6.43. The molecule has 3 rings (SSSR count). The number of carbonyl (C=O) groups is 1. The Morgan fingerprint density at radius 3 is 2.90 bits per heavy atom. The standard InChI is InChI=1S/C15H14ClNO2S/c16-11-3-1-4-12(7-11)19-13-9-17(10-13)15(18)8-14-5-2-6-20-14/h1-7,13H,8-10H2. The number of halogens is 1. The molecule has 3 nitrogen and oxygen atoms in total. The van der Waals surface area contributed by atoms with Crippen LogP contribution in [0.25, 0.3) is 0 Å². The van der Waals surface area contributed by atoms with Gasteiger partial charge < -0.3 is 9.64 Å². The minimum Gasteiger partial charge on any atom is -0.487 e. The monoisotopic (exact) mass is 307 g/mol. The Balaban J connectivity index is 1.48. The van der Waals surface area contributed by atoms with Gasteiger partial charge in [0.2, 0.25) is 5.91 Å². The van der Waals surface area contributed by atoms with Crippen LogP contribution in [-0.4, -0.2) is 30.0 Å². The molecule has 0 N–H and O–H groups in total. The molecule has 1 aromatic carbocycles. The van der Waals surface area contributed by atoms with Crippen LogP contribution in [0.1, 0.15) is 4.88 Å². The summed E-state index contributed by atoms with van der Waals surface area (Å²) >= 11 is 7.52. The molecule has 1 aliphatic rings. The van der Waals surface area contributed by atoms with Crippen molar-refractivity contribution in [1.82, 2.24) is 4.90 Å². The second-order valence-corrected chi connectivity index (χ2v) is 6.22. The molecule has 0 unspecified atom stereocenters. The van der Waals surface area contributed by atoms with E-state index in [-0.39, 0.29) is 12.0 Å². The maximum atomic E-state index is 12.0. The van der Waals surface area contributed by atoms with Gasteiger partial charge in [-0.1, -0.05) is 23.7 Å². The second kappa shape index (κ2) is 5.85. The maximum Gasteiger partial charge on any atom is 0.228 e. The summed E-state index contributed by atoms with van der Waals surface area (Å²) in [4.78, 5) is 14.9. The van der Waals surface area contributed by atoms with Gasteiger partial charge in [-0.15, -0.1) is 11.3 Å². The largest absolute Gasteiger partial charge is 0.487 e. The lowest BCUT2D eigenvalue weighted by Crippen LogP contribution is -2.56.